The van der Waals surface area contributed by atoms with Crippen LogP contribution in [0.5, 0.6) is 0 Å². The first-order valence-corrected chi connectivity index (χ1v) is 11.7. The van der Waals surface area contributed by atoms with Gasteiger partial charge in [-0.05, 0) is 36.8 Å². The zero-order valence-corrected chi connectivity index (χ0v) is 19.2. The number of thiazole rings is 1. The van der Waals surface area contributed by atoms with Gasteiger partial charge in [-0.1, -0.05) is 54.6 Å². The average Bonchev–Trinajstić information content (AvgIpc) is 3.45. The molecule has 3 aromatic carbocycles. The third-order valence-corrected chi connectivity index (χ3v) is 6.75. The van der Waals surface area contributed by atoms with Crippen molar-refractivity contribution in [3.05, 3.63) is 112 Å². The van der Waals surface area contributed by atoms with E-state index in [0.29, 0.717) is 22.3 Å². The van der Waals surface area contributed by atoms with Crippen molar-refractivity contribution in [1.29, 1.82) is 0 Å². The number of imide groups is 1. The number of nitrogens with one attached hydrogen (secondary N) is 1. The van der Waals surface area contributed by atoms with Crippen LogP contribution in [0, 0.1) is 0 Å². The molecular weight excluding hydrogens is 446 g/mol. The maximum atomic E-state index is 12.9. The van der Waals surface area contributed by atoms with Crippen LogP contribution in [0.1, 0.15) is 54.6 Å². The highest BCUT2D eigenvalue weighted by atomic mass is 32.1. The second kappa shape index (κ2) is 9.03. The molecule has 4 aromatic rings. The van der Waals surface area contributed by atoms with E-state index in [1.165, 1.54) is 16.2 Å². The molecule has 1 aliphatic rings. The number of nitrogens with zero attached hydrogens (tertiary/aromatic N) is 2. The highest BCUT2D eigenvalue weighted by Crippen LogP contribution is 2.26. The van der Waals surface area contributed by atoms with Gasteiger partial charge in [0.1, 0.15) is 5.01 Å². The lowest BCUT2D eigenvalue weighted by Crippen LogP contribution is -2.29. The smallest absolute Gasteiger partial charge is 0.261 e. The zero-order chi connectivity index (χ0) is 23.7. The fourth-order valence-electron chi connectivity index (χ4n) is 3.95. The summed E-state index contributed by atoms with van der Waals surface area (Å²) in [6.45, 7) is 2.00. The molecule has 0 bridgehead atoms. The predicted octanol–water partition coefficient (Wildman–Crippen LogP) is 5.10. The van der Waals surface area contributed by atoms with Crippen LogP contribution in [0.3, 0.4) is 0 Å². The molecule has 7 heteroatoms. The summed E-state index contributed by atoms with van der Waals surface area (Å²) in [6.07, 6.45) is 0. The van der Waals surface area contributed by atoms with E-state index in [0.717, 1.165) is 16.3 Å². The van der Waals surface area contributed by atoms with Crippen LogP contribution in [-0.4, -0.2) is 27.6 Å². The molecule has 1 aromatic heterocycles. The van der Waals surface area contributed by atoms with Crippen LogP contribution < -0.4 is 5.32 Å². The lowest BCUT2D eigenvalue weighted by Gasteiger charge is -2.15. The summed E-state index contributed by atoms with van der Waals surface area (Å²) in [7, 11) is 0. The summed E-state index contributed by atoms with van der Waals surface area (Å²) in [6, 6.07) is 23.4. The quantitative estimate of drug-likeness (QED) is 0.400. The van der Waals surface area contributed by atoms with Crippen molar-refractivity contribution in [2.75, 3.05) is 0 Å². The lowest BCUT2D eigenvalue weighted by atomic mass is 10.1. The molecule has 1 N–H and O–H groups in total. The van der Waals surface area contributed by atoms with Crippen LogP contribution in [0.25, 0.3) is 11.3 Å². The molecule has 1 atom stereocenters. The lowest BCUT2D eigenvalue weighted by molar-refractivity contribution is 0.0642. The van der Waals surface area contributed by atoms with E-state index in [2.05, 4.69) is 10.3 Å². The Morgan fingerprint density at radius 2 is 1.62 bits per heavy atom. The Labute approximate surface area is 200 Å². The number of amides is 3. The Balaban J connectivity index is 1.27. The molecule has 3 amide bonds. The Bertz CT molecular complexity index is 1360. The standard InChI is InChI=1S/C27H21N3O3S/c1-17(25-29-23(16-34-25)19-9-3-2-4-10-19)28-24(31)20-11-7-8-18(14-20)15-30-26(32)21-12-5-6-13-22(21)27(30)33/h2-14,16-17H,15H2,1H3,(H,28,31). The molecule has 0 spiro atoms. The van der Waals surface area contributed by atoms with Gasteiger partial charge in [0.05, 0.1) is 29.4 Å². The third kappa shape index (κ3) is 4.13. The first-order valence-electron chi connectivity index (χ1n) is 10.9. The van der Waals surface area contributed by atoms with Crippen LogP contribution in [0.4, 0.5) is 0 Å². The molecule has 2 heterocycles. The summed E-state index contributed by atoms with van der Waals surface area (Å²) >= 11 is 1.50. The summed E-state index contributed by atoms with van der Waals surface area (Å²) < 4.78 is 0. The first-order chi connectivity index (χ1) is 16.5. The van der Waals surface area contributed by atoms with E-state index in [-0.39, 0.29) is 30.3 Å². The van der Waals surface area contributed by atoms with Crippen molar-refractivity contribution in [2.45, 2.75) is 19.5 Å². The molecule has 0 saturated carbocycles. The van der Waals surface area contributed by atoms with Crippen molar-refractivity contribution >= 4 is 29.1 Å². The third-order valence-electron chi connectivity index (χ3n) is 5.72. The van der Waals surface area contributed by atoms with Gasteiger partial charge in [-0.2, -0.15) is 0 Å². The molecule has 168 valence electrons. The molecule has 34 heavy (non-hydrogen) atoms. The molecular formula is C27H21N3O3S. The Kier molecular flexibility index (Phi) is 5.77. The maximum absolute atomic E-state index is 12.9. The van der Waals surface area contributed by atoms with Gasteiger partial charge in [-0.15, -0.1) is 11.3 Å². The second-order valence-electron chi connectivity index (χ2n) is 8.07. The highest BCUT2D eigenvalue weighted by Gasteiger charge is 2.35. The first kappa shape index (κ1) is 21.7. The minimum absolute atomic E-state index is 0.107. The molecule has 0 saturated heterocycles. The SMILES string of the molecule is CC(NC(=O)c1cccc(CN2C(=O)c3ccccc3C2=O)c1)c1nc(-c2ccccc2)cs1. The molecule has 0 radical (unpaired) electrons. The normalized spacial score (nSPS) is 13.6. The number of fused-ring (bicyclic) bond motifs is 1. The summed E-state index contributed by atoms with van der Waals surface area (Å²) in [5, 5.41) is 5.79. The van der Waals surface area contributed by atoms with Gasteiger partial charge in [0.15, 0.2) is 0 Å². The Morgan fingerprint density at radius 1 is 0.941 bits per heavy atom. The van der Waals surface area contributed by atoms with E-state index in [4.69, 9.17) is 0 Å². The second-order valence-corrected chi connectivity index (χ2v) is 8.96. The van der Waals surface area contributed by atoms with Crippen molar-refractivity contribution in [3.8, 4) is 11.3 Å². The van der Waals surface area contributed by atoms with Crippen LogP contribution in [0.2, 0.25) is 0 Å². The number of hydrogen-bond donors (Lipinski definition) is 1. The number of rotatable bonds is 6. The van der Waals surface area contributed by atoms with Gasteiger partial charge in [0.25, 0.3) is 17.7 Å². The number of carbonyl (C=O) groups excluding carboxylic acids is 3. The summed E-state index contributed by atoms with van der Waals surface area (Å²) in [4.78, 5) is 44.1. The average molecular weight is 468 g/mol. The number of aromatic nitrogens is 1. The van der Waals surface area contributed by atoms with E-state index < -0.39 is 0 Å². The maximum Gasteiger partial charge on any atom is 0.261 e. The molecule has 1 aliphatic heterocycles. The van der Waals surface area contributed by atoms with Gasteiger partial charge < -0.3 is 5.32 Å². The van der Waals surface area contributed by atoms with Crippen LogP contribution in [0.15, 0.2) is 84.2 Å². The zero-order valence-electron chi connectivity index (χ0n) is 18.4. The fourth-order valence-corrected chi connectivity index (χ4v) is 4.78. The molecule has 5 rings (SSSR count). The predicted molar refractivity (Wildman–Crippen MR) is 131 cm³/mol. The van der Waals surface area contributed by atoms with Crippen molar-refractivity contribution in [3.63, 3.8) is 0 Å². The molecule has 0 aliphatic carbocycles. The molecule has 0 fully saturated rings. The Hall–Kier alpha value is -4.10. The highest BCUT2D eigenvalue weighted by molar-refractivity contribution is 7.10. The van der Waals surface area contributed by atoms with Gasteiger partial charge >= 0.3 is 0 Å². The number of hydrogen-bond acceptors (Lipinski definition) is 5. The van der Waals surface area contributed by atoms with Crippen LogP contribution in [-0.2, 0) is 6.54 Å². The number of benzene rings is 3. The summed E-state index contributed by atoms with van der Waals surface area (Å²) in [5.41, 5.74) is 3.90. The van der Waals surface area contributed by atoms with Gasteiger partial charge in [-0.25, -0.2) is 4.98 Å². The van der Waals surface area contributed by atoms with Gasteiger partial charge in [0.2, 0.25) is 0 Å². The van der Waals surface area contributed by atoms with Crippen LogP contribution >= 0.6 is 11.3 Å². The molecule has 1 unspecified atom stereocenters. The van der Waals surface area contributed by atoms with Crippen molar-refractivity contribution in [1.82, 2.24) is 15.2 Å². The van der Waals surface area contributed by atoms with Gasteiger partial charge in [0, 0.05) is 16.5 Å². The Morgan fingerprint density at radius 3 is 2.32 bits per heavy atom. The minimum atomic E-state index is -0.318. The largest absolute Gasteiger partial charge is 0.343 e. The van der Waals surface area contributed by atoms with Gasteiger partial charge in [-0.3, -0.25) is 19.3 Å². The molecule has 6 nitrogen and oxygen atoms in total. The van der Waals surface area contributed by atoms with E-state index in [1.54, 1.807) is 48.5 Å². The monoisotopic (exact) mass is 467 g/mol. The minimum Gasteiger partial charge on any atom is -0.343 e. The fraction of sp³-hybridized carbons (Fsp3) is 0.111. The topological polar surface area (TPSA) is 79.4 Å². The van der Waals surface area contributed by atoms with Crippen molar-refractivity contribution < 1.29 is 14.4 Å². The van der Waals surface area contributed by atoms with E-state index in [1.807, 2.05) is 42.6 Å². The summed E-state index contributed by atoms with van der Waals surface area (Å²) in [5.74, 6) is -0.877. The number of carbonyl (C=O) groups is 3. The van der Waals surface area contributed by atoms with Crippen molar-refractivity contribution in [2.24, 2.45) is 0 Å². The van der Waals surface area contributed by atoms with E-state index >= 15 is 0 Å². The van der Waals surface area contributed by atoms with E-state index in [9.17, 15) is 14.4 Å².